The van der Waals surface area contributed by atoms with Crippen LogP contribution in [0.15, 0.2) is 22.6 Å². The van der Waals surface area contributed by atoms with Crippen LogP contribution in [0.4, 0.5) is 4.79 Å². The molecule has 2 amide bonds. The third-order valence-electron chi connectivity index (χ3n) is 5.06. The lowest BCUT2D eigenvalue weighted by Gasteiger charge is -2.07. The smallest absolute Gasteiger partial charge is 0.286 e. The van der Waals surface area contributed by atoms with Gasteiger partial charge in [-0.3, -0.25) is 14.9 Å². The number of amides is 2. The Kier molecular flexibility index (Phi) is 5.78. The minimum atomic E-state index is -3.71. The van der Waals surface area contributed by atoms with Gasteiger partial charge in [0.05, 0.1) is 25.8 Å². The fourth-order valence-electron chi connectivity index (χ4n) is 3.61. The highest BCUT2D eigenvalue weighted by Gasteiger charge is 2.36. The molecule has 2 unspecified atom stereocenters. The molecule has 1 saturated heterocycles. The van der Waals surface area contributed by atoms with E-state index in [1.54, 1.807) is 11.3 Å². The first-order chi connectivity index (χ1) is 16.1. The van der Waals surface area contributed by atoms with Crippen LogP contribution < -0.4 is 5.32 Å². The van der Waals surface area contributed by atoms with Crippen LogP contribution >= 0.6 is 34.4 Å². The van der Waals surface area contributed by atoms with Crippen LogP contribution in [0.25, 0.3) is 20.7 Å². The molecule has 0 aliphatic carbocycles. The minimum absolute atomic E-state index is 0.0164. The highest BCUT2D eigenvalue weighted by molar-refractivity contribution is 8.15. The molecule has 4 aromatic rings. The number of carbonyl (C=O) groups is 2. The molecule has 4 heterocycles. The number of hydrogen-bond donors (Lipinski definition) is 1. The van der Waals surface area contributed by atoms with E-state index >= 15 is 0 Å². The van der Waals surface area contributed by atoms with E-state index in [2.05, 4.69) is 25.5 Å². The SMILES string of the molecule is Cc1nc(C)c(-c2ccc3nc(C(c4nnc(CC5SC(=O)NC5=O)o4)S(C)(=O)=O)sc3c2)s1. The summed E-state index contributed by atoms with van der Waals surface area (Å²) in [6, 6.07) is 5.77. The van der Waals surface area contributed by atoms with Crippen molar-refractivity contribution in [2.75, 3.05) is 6.26 Å². The van der Waals surface area contributed by atoms with Gasteiger partial charge in [-0.2, -0.15) is 0 Å². The largest absolute Gasteiger partial charge is 0.423 e. The van der Waals surface area contributed by atoms with E-state index < -0.39 is 31.5 Å². The van der Waals surface area contributed by atoms with Crippen molar-refractivity contribution < 1.29 is 22.4 Å². The molecular formula is C20H17N5O5S4. The van der Waals surface area contributed by atoms with Gasteiger partial charge in [-0.1, -0.05) is 17.8 Å². The van der Waals surface area contributed by atoms with Gasteiger partial charge < -0.3 is 4.42 Å². The zero-order valence-corrected chi connectivity index (χ0v) is 21.3. The first-order valence-electron chi connectivity index (χ1n) is 9.96. The number of fused-ring (bicyclic) bond motifs is 1. The number of sulfone groups is 1. The summed E-state index contributed by atoms with van der Waals surface area (Å²) in [5.41, 5.74) is 2.59. The van der Waals surface area contributed by atoms with E-state index in [0.29, 0.717) is 10.5 Å². The van der Waals surface area contributed by atoms with E-state index in [1.165, 1.54) is 11.3 Å². The molecule has 1 N–H and O–H groups in total. The molecule has 1 aromatic carbocycles. The Morgan fingerprint density at radius 1 is 1.15 bits per heavy atom. The second-order valence-corrected chi connectivity index (χ2v) is 13.3. The molecule has 1 fully saturated rings. The topological polar surface area (TPSA) is 145 Å². The highest BCUT2D eigenvalue weighted by Crippen LogP contribution is 2.38. The number of aromatic nitrogens is 4. The quantitative estimate of drug-likeness (QED) is 0.389. The molecule has 0 radical (unpaired) electrons. The lowest BCUT2D eigenvalue weighted by molar-refractivity contribution is -0.119. The molecule has 0 saturated carbocycles. The van der Waals surface area contributed by atoms with Gasteiger partial charge in [-0.05, 0) is 31.5 Å². The summed E-state index contributed by atoms with van der Waals surface area (Å²) in [4.78, 5) is 33.3. The maximum Gasteiger partial charge on any atom is 0.286 e. The Bertz CT molecular complexity index is 1550. The molecule has 0 bridgehead atoms. The van der Waals surface area contributed by atoms with Gasteiger partial charge in [0, 0.05) is 12.7 Å². The van der Waals surface area contributed by atoms with E-state index in [9.17, 15) is 18.0 Å². The van der Waals surface area contributed by atoms with E-state index in [1.807, 2.05) is 32.0 Å². The monoisotopic (exact) mass is 535 g/mol. The molecule has 10 nitrogen and oxygen atoms in total. The normalized spacial score (nSPS) is 17.4. The zero-order chi connectivity index (χ0) is 24.2. The van der Waals surface area contributed by atoms with Crippen LogP contribution in [0.2, 0.25) is 0 Å². The molecule has 3 aromatic heterocycles. The van der Waals surface area contributed by atoms with Crippen molar-refractivity contribution in [2.45, 2.75) is 30.8 Å². The van der Waals surface area contributed by atoms with Gasteiger partial charge >= 0.3 is 0 Å². The average molecular weight is 536 g/mol. The van der Waals surface area contributed by atoms with Crippen molar-refractivity contribution in [3.05, 3.63) is 45.7 Å². The number of thioether (sulfide) groups is 1. The number of carbonyl (C=O) groups excluding carboxylic acids is 2. The Morgan fingerprint density at radius 3 is 2.59 bits per heavy atom. The van der Waals surface area contributed by atoms with Gasteiger partial charge in [0.15, 0.2) is 15.1 Å². The van der Waals surface area contributed by atoms with Crippen LogP contribution in [0, 0.1) is 13.8 Å². The van der Waals surface area contributed by atoms with Gasteiger partial charge in [0.2, 0.25) is 17.7 Å². The first-order valence-corrected chi connectivity index (χ1v) is 14.4. The van der Waals surface area contributed by atoms with Gasteiger partial charge in [0.25, 0.3) is 5.24 Å². The highest BCUT2D eigenvalue weighted by atomic mass is 32.2. The standard InChI is InChI=1S/C20H17N5O5S4/c1-8-15(31-9(2)21-8)10-4-5-11-12(6-10)32-19(22-11)16(34(3,28)29)18-25-24-14(30-18)7-13-17(26)23-20(27)33-13/h4-6,13,16H,7H2,1-3H3,(H,23,26,27). The van der Waals surface area contributed by atoms with E-state index in [0.717, 1.165) is 43.9 Å². The van der Waals surface area contributed by atoms with Gasteiger partial charge in [-0.25, -0.2) is 18.4 Å². The summed E-state index contributed by atoms with van der Waals surface area (Å²) >= 11 is 3.68. The summed E-state index contributed by atoms with van der Waals surface area (Å²) < 4.78 is 31.9. The number of benzene rings is 1. The molecule has 2 atom stereocenters. The van der Waals surface area contributed by atoms with Crippen molar-refractivity contribution >= 4 is 65.6 Å². The van der Waals surface area contributed by atoms with Crippen LogP contribution in [0.5, 0.6) is 0 Å². The van der Waals surface area contributed by atoms with Crippen molar-refractivity contribution in [1.82, 2.24) is 25.5 Å². The number of nitrogens with zero attached hydrogens (tertiary/aromatic N) is 4. The summed E-state index contributed by atoms with van der Waals surface area (Å²) in [6.45, 7) is 3.91. The van der Waals surface area contributed by atoms with Gasteiger partial charge in [-0.15, -0.1) is 32.9 Å². The zero-order valence-electron chi connectivity index (χ0n) is 18.1. The summed E-state index contributed by atoms with van der Waals surface area (Å²) in [6.07, 6.45) is 1.10. The fraction of sp³-hybridized carbons (Fsp3) is 0.300. The number of aryl methyl sites for hydroxylation is 2. The lowest BCUT2D eigenvalue weighted by atomic mass is 10.1. The molecule has 34 heavy (non-hydrogen) atoms. The molecule has 14 heteroatoms. The van der Waals surface area contributed by atoms with Crippen LogP contribution in [0.1, 0.15) is 32.7 Å². The predicted octanol–water partition coefficient (Wildman–Crippen LogP) is 3.45. The van der Waals surface area contributed by atoms with Gasteiger partial charge in [0.1, 0.15) is 10.3 Å². The Labute approximate surface area is 206 Å². The van der Waals surface area contributed by atoms with Crippen molar-refractivity contribution in [1.29, 1.82) is 0 Å². The predicted molar refractivity (Wildman–Crippen MR) is 130 cm³/mol. The molecule has 176 valence electrons. The molecule has 1 aliphatic rings. The third-order valence-corrected chi connectivity index (χ3v) is 9.67. The lowest BCUT2D eigenvalue weighted by Crippen LogP contribution is -2.25. The molecular weight excluding hydrogens is 519 g/mol. The van der Waals surface area contributed by atoms with Crippen molar-refractivity contribution in [3.8, 4) is 10.4 Å². The van der Waals surface area contributed by atoms with Crippen LogP contribution in [-0.4, -0.2) is 51.2 Å². The van der Waals surface area contributed by atoms with Crippen LogP contribution in [-0.2, 0) is 21.1 Å². The van der Waals surface area contributed by atoms with Crippen molar-refractivity contribution in [3.63, 3.8) is 0 Å². The molecule has 1 aliphatic heterocycles. The minimum Gasteiger partial charge on any atom is -0.423 e. The number of hydrogen-bond acceptors (Lipinski definition) is 12. The first kappa shape index (κ1) is 23.1. The van der Waals surface area contributed by atoms with E-state index in [4.69, 9.17) is 4.42 Å². The number of rotatable bonds is 6. The van der Waals surface area contributed by atoms with E-state index in [-0.39, 0.29) is 18.2 Å². The maximum atomic E-state index is 12.7. The molecule has 0 spiro atoms. The number of nitrogens with one attached hydrogen (secondary N) is 1. The number of imide groups is 1. The second kappa shape index (κ2) is 8.52. The summed E-state index contributed by atoms with van der Waals surface area (Å²) in [5, 5.41) is 8.93. The summed E-state index contributed by atoms with van der Waals surface area (Å²) in [5.74, 6) is -0.492. The van der Waals surface area contributed by atoms with Crippen molar-refractivity contribution in [2.24, 2.45) is 0 Å². The fourth-order valence-corrected chi connectivity index (χ4v) is 7.86. The summed E-state index contributed by atoms with van der Waals surface area (Å²) in [7, 11) is -3.71. The third kappa shape index (κ3) is 4.37. The van der Waals surface area contributed by atoms with Crippen LogP contribution in [0.3, 0.4) is 0 Å². The Morgan fingerprint density at radius 2 is 1.94 bits per heavy atom. The Hall–Kier alpha value is -2.68. The average Bonchev–Trinajstić information content (AvgIpc) is 3.49. The molecule has 5 rings (SSSR count). The number of thiazole rings is 2. The second-order valence-electron chi connectivity index (χ2n) is 7.71. The maximum absolute atomic E-state index is 12.7. The Balaban J connectivity index is 1.49.